The molecule has 3 aromatic heterocycles. The molecule has 1 aromatic carbocycles. The number of pyridine rings is 1. The smallest absolute Gasteiger partial charge is 0.225 e. The number of halogens is 3. The van der Waals surface area contributed by atoms with Crippen LogP contribution in [0.2, 0.25) is 0 Å². The van der Waals surface area contributed by atoms with Gasteiger partial charge in [0.1, 0.15) is 45.5 Å². The van der Waals surface area contributed by atoms with Gasteiger partial charge in [-0.3, -0.25) is 4.98 Å². The molecule has 3 saturated carbocycles. The predicted octanol–water partition coefficient (Wildman–Crippen LogP) is 3.63. The lowest BCUT2D eigenvalue weighted by Gasteiger charge is -2.25. The molecule has 0 spiro atoms. The van der Waals surface area contributed by atoms with E-state index in [-0.39, 0.29) is 18.1 Å². The maximum atomic E-state index is 14.2. The highest BCUT2D eigenvalue weighted by Gasteiger charge is 2.74. The summed E-state index contributed by atoms with van der Waals surface area (Å²) in [6, 6.07) is 2.49. The van der Waals surface area contributed by atoms with Gasteiger partial charge in [0.25, 0.3) is 0 Å². The molecular weight excluding hydrogens is 545 g/mol. The largest absolute Gasteiger partial charge is 0.390 e. The van der Waals surface area contributed by atoms with Crippen LogP contribution < -0.4 is 10.6 Å². The van der Waals surface area contributed by atoms with Gasteiger partial charge in [0.15, 0.2) is 0 Å². The fraction of sp³-hybridized carbons (Fsp3) is 0.407. The van der Waals surface area contributed by atoms with Crippen molar-refractivity contribution in [3.05, 3.63) is 58.8 Å². The van der Waals surface area contributed by atoms with Crippen molar-refractivity contribution in [2.75, 3.05) is 10.6 Å². The number of rotatable bonds is 7. The first-order valence-electron chi connectivity index (χ1n) is 13.0. The number of thiazole rings is 1. The van der Waals surface area contributed by atoms with Crippen molar-refractivity contribution in [1.29, 1.82) is 0 Å². The zero-order valence-corrected chi connectivity index (χ0v) is 22.0. The minimum absolute atomic E-state index is 0.0460. The molecule has 13 heteroatoms. The monoisotopic (exact) mass is 570 g/mol. The van der Waals surface area contributed by atoms with Crippen LogP contribution in [0.5, 0.6) is 0 Å². The molecule has 208 valence electrons. The van der Waals surface area contributed by atoms with Crippen molar-refractivity contribution in [3.63, 3.8) is 0 Å². The summed E-state index contributed by atoms with van der Waals surface area (Å²) in [5.41, 5.74) is 0.926. The number of aromatic nitrogens is 4. The van der Waals surface area contributed by atoms with Crippen LogP contribution in [-0.4, -0.2) is 59.1 Å². The Labute approximate surface area is 230 Å². The maximum absolute atomic E-state index is 14.2. The van der Waals surface area contributed by atoms with E-state index in [0.29, 0.717) is 46.6 Å². The molecular formula is C27H25F3N6O3S. The van der Waals surface area contributed by atoms with Gasteiger partial charge in [0.05, 0.1) is 33.8 Å². The van der Waals surface area contributed by atoms with Gasteiger partial charge in [0, 0.05) is 42.3 Å². The van der Waals surface area contributed by atoms with Crippen LogP contribution in [0.15, 0.2) is 24.4 Å². The molecule has 3 fully saturated rings. The van der Waals surface area contributed by atoms with Crippen LogP contribution in [0.25, 0.3) is 20.8 Å². The summed E-state index contributed by atoms with van der Waals surface area (Å²) in [6.45, 7) is 1.41. The normalized spacial score (nSPS) is 27.2. The third-order valence-electron chi connectivity index (χ3n) is 8.16. The number of aliphatic hydroxyl groups is 3. The number of anilines is 2. The summed E-state index contributed by atoms with van der Waals surface area (Å²) in [6.07, 6.45) is 2.00. The fourth-order valence-corrected chi connectivity index (χ4v) is 6.82. The van der Waals surface area contributed by atoms with E-state index in [1.807, 2.05) is 6.07 Å². The molecule has 3 heterocycles. The zero-order chi connectivity index (χ0) is 27.9. The van der Waals surface area contributed by atoms with Crippen LogP contribution in [0, 0.1) is 30.3 Å². The van der Waals surface area contributed by atoms with Crippen LogP contribution in [0.1, 0.15) is 42.1 Å². The van der Waals surface area contributed by atoms with E-state index in [9.17, 15) is 28.5 Å². The minimum Gasteiger partial charge on any atom is -0.390 e. The third kappa shape index (κ3) is 4.02. The first-order valence-corrected chi connectivity index (χ1v) is 13.8. The quantitative estimate of drug-likeness (QED) is 0.226. The Balaban J connectivity index is 1.26. The Morgan fingerprint density at radius 1 is 1.07 bits per heavy atom. The molecule has 4 aromatic rings. The van der Waals surface area contributed by atoms with Gasteiger partial charge in [-0.05, 0) is 32.3 Å². The summed E-state index contributed by atoms with van der Waals surface area (Å²) in [7, 11) is 0. The molecule has 0 amide bonds. The first-order chi connectivity index (χ1) is 19.1. The Morgan fingerprint density at radius 2 is 1.82 bits per heavy atom. The maximum Gasteiger partial charge on any atom is 0.225 e. The Kier molecular flexibility index (Phi) is 5.79. The highest BCUT2D eigenvalue weighted by Crippen LogP contribution is 2.56. The second-order valence-corrected chi connectivity index (χ2v) is 11.8. The molecule has 3 aliphatic rings. The number of aliphatic hydroxyl groups excluding tert-OH is 2. The molecule has 5 atom stereocenters. The summed E-state index contributed by atoms with van der Waals surface area (Å²) < 4.78 is 42.7. The lowest BCUT2D eigenvalue weighted by Crippen LogP contribution is -2.42. The van der Waals surface area contributed by atoms with Gasteiger partial charge >= 0.3 is 0 Å². The molecule has 1 unspecified atom stereocenters. The van der Waals surface area contributed by atoms with E-state index in [2.05, 4.69) is 25.6 Å². The van der Waals surface area contributed by atoms with Crippen molar-refractivity contribution in [2.24, 2.45) is 5.92 Å². The highest BCUT2D eigenvalue weighted by atomic mass is 32.1. The zero-order valence-electron chi connectivity index (χ0n) is 21.2. The van der Waals surface area contributed by atoms with E-state index in [1.54, 1.807) is 13.1 Å². The minimum atomic E-state index is -1.57. The molecule has 7 rings (SSSR count). The lowest BCUT2D eigenvalue weighted by molar-refractivity contribution is -0.0262. The molecule has 0 radical (unpaired) electrons. The molecule has 40 heavy (non-hydrogen) atoms. The summed E-state index contributed by atoms with van der Waals surface area (Å²) in [5, 5.41) is 38.0. The van der Waals surface area contributed by atoms with Gasteiger partial charge < -0.3 is 26.0 Å². The van der Waals surface area contributed by atoms with Crippen LogP contribution in [-0.2, 0) is 6.54 Å². The SMILES string of the molecule is Cc1nc(NCc2c(F)cc(F)cc2F)nc(N[C@@H]2C[C@@H]3C(O)[C@]3(O)[C@H]2O)c1-c1nc2c(C3CC3)nccc2s1. The van der Waals surface area contributed by atoms with Crippen molar-refractivity contribution in [1.82, 2.24) is 19.9 Å². The summed E-state index contributed by atoms with van der Waals surface area (Å²) >= 11 is 1.45. The van der Waals surface area contributed by atoms with E-state index < -0.39 is 47.2 Å². The molecule has 0 bridgehead atoms. The average Bonchev–Trinajstić information content (AvgIpc) is 3.74. The molecule has 0 saturated heterocycles. The van der Waals surface area contributed by atoms with Crippen molar-refractivity contribution >= 4 is 33.3 Å². The number of fused-ring (bicyclic) bond motifs is 2. The topological polar surface area (TPSA) is 136 Å². The van der Waals surface area contributed by atoms with E-state index >= 15 is 0 Å². The van der Waals surface area contributed by atoms with Gasteiger partial charge in [-0.2, -0.15) is 4.98 Å². The van der Waals surface area contributed by atoms with Crippen LogP contribution in [0.4, 0.5) is 24.9 Å². The number of nitrogens with one attached hydrogen (secondary N) is 2. The number of hydrogen-bond donors (Lipinski definition) is 5. The van der Waals surface area contributed by atoms with Crippen molar-refractivity contribution in [2.45, 2.75) is 62.5 Å². The highest BCUT2D eigenvalue weighted by molar-refractivity contribution is 7.21. The first kappa shape index (κ1) is 25.6. The van der Waals surface area contributed by atoms with Gasteiger partial charge in [0.2, 0.25) is 5.95 Å². The lowest BCUT2D eigenvalue weighted by atomic mass is 10.1. The second kappa shape index (κ2) is 9.06. The van der Waals surface area contributed by atoms with Gasteiger partial charge in [-0.1, -0.05) is 0 Å². The third-order valence-corrected chi connectivity index (χ3v) is 9.20. The Bertz CT molecular complexity index is 1640. The Hall–Kier alpha value is -3.39. The summed E-state index contributed by atoms with van der Waals surface area (Å²) in [5.74, 6) is -2.80. The van der Waals surface area contributed by atoms with Crippen molar-refractivity contribution in [3.8, 4) is 10.6 Å². The number of nitrogens with zero attached hydrogens (tertiary/aromatic N) is 4. The van der Waals surface area contributed by atoms with E-state index in [4.69, 9.17) is 4.98 Å². The number of aryl methyl sites for hydroxylation is 1. The number of hydrogen-bond acceptors (Lipinski definition) is 10. The molecule has 5 N–H and O–H groups in total. The molecule has 0 aliphatic heterocycles. The standard InChI is InChI=1S/C27H25F3N6O3S/c1-10-19(25-35-21-18(40-25)4-5-31-20(21)11-2-3-11)24(34-17-8-14-22(37)27(14,39)23(17)38)36-26(33-10)32-9-13-15(29)6-12(28)7-16(13)30/h4-7,11,14,17,22-23,37-39H,2-3,8-9H2,1H3,(H2,32,33,34,36)/t14-,17-,22?,23+,27+/m1/s1. The Morgan fingerprint density at radius 3 is 2.50 bits per heavy atom. The average molecular weight is 571 g/mol. The van der Waals surface area contributed by atoms with Crippen LogP contribution >= 0.6 is 11.3 Å². The van der Waals surface area contributed by atoms with Crippen LogP contribution in [0.3, 0.4) is 0 Å². The van der Waals surface area contributed by atoms with E-state index in [0.717, 1.165) is 28.8 Å². The fourth-order valence-electron chi connectivity index (χ4n) is 5.75. The summed E-state index contributed by atoms with van der Waals surface area (Å²) in [4.78, 5) is 18.5. The second-order valence-electron chi connectivity index (χ2n) is 10.8. The molecule has 9 nitrogen and oxygen atoms in total. The number of benzene rings is 1. The van der Waals surface area contributed by atoms with Gasteiger partial charge in [-0.25, -0.2) is 23.1 Å². The van der Waals surface area contributed by atoms with E-state index in [1.165, 1.54) is 11.3 Å². The van der Waals surface area contributed by atoms with Gasteiger partial charge in [-0.15, -0.1) is 11.3 Å². The molecule has 3 aliphatic carbocycles. The predicted molar refractivity (Wildman–Crippen MR) is 141 cm³/mol. The van der Waals surface area contributed by atoms with Crippen molar-refractivity contribution < 1.29 is 28.5 Å².